The molecular formula is C21H27N3O2. The zero-order chi connectivity index (χ0) is 18.9. The molecule has 1 aromatic heterocycles. The zero-order valence-electron chi connectivity index (χ0n) is 15.8. The van der Waals surface area contributed by atoms with E-state index < -0.39 is 0 Å². The number of nitrogens with zero attached hydrogens (tertiary/aromatic N) is 3. The molecule has 0 fully saturated rings. The number of carbonyl (C=O) groups excluding carboxylic acids is 2. The van der Waals surface area contributed by atoms with E-state index in [0.717, 1.165) is 23.1 Å². The highest BCUT2D eigenvalue weighted by molar-refractivity contribution is 5.78. The van der Waals surface area contributed by atoms with Crippen molar-refractivity contribution in [2.24, 2.45) is 0 Å². The van der Waals surface area contributed by atoms with Crippen LogP contribution in [0.1, 0.15) is 30.0 Å². The van der Waals surface area contributed by atoms with E-state index >= 15 is 0 Å². The van der Waals surface area contributed by atoms with Crippen LogP contribution in [0.4, 0.5) is 0 Å². The van der Waals surface area contributed by atoms with E-state index in [-0.39, 0.29) is 11.8 Å². The van der Waals surface area contributed by atoms with Crippen LogP contribution in [0.25, 0.3) is 0 Å². The molecule has 138 valence electrons. The molecule has 0 aliphatic heterocycles. The van der Waals surface area contributed by atoms with Crippen LogP contribution in [0.15, 0.2) is 48.8 Å². The van der Waals surface area contributed by atoms with E-state index in [2.05, 4.69) is 4.98 Å². The average Bonchev–Trinajstić information content (AvgIpc) is 2.64. The van der Waals surface area contributed by atoms with Crippen molar-refractivity contribution in [2.45, 2.75) is 33.2 Å². The van der Waals surface area contributed by atoms with Gasteiger partial charge in [0, 0.05) is 52.4 Å². The van der Waals surface area contributed by atoms with Gasteiger partial charge >= 0.3 is 0 Å². The molecule has 0 aliphatic carbocycles. The second-order valence-corrected chi connectivity index (χ2v) is 6.54. The van der Waals surface area contributed by atoms with Crippen LogP contribution in [0.5, 0.6) is 0 Å². The molecule has 0 unspecified atom stereocenters. The first-order chi connectivity index (χ1) is 12.5. The number of rotatable bonds is 8. The van der Waals surface area contributed by atoms with Crippen molar-refractivity contribution in [3.8, 4) is 0 Å². The molecule has 2 amide bonds. The van der Waals surface area contributed by atoms with E-state index in [1.54, 1.807) is 29.1 Å². The smallest absolute Gasteiger partial charge is 0.224 e. The standard InChI is InChI=1S/C21H27N3O2/c1-17-6-4-5-7-20(17)16-24(18(2)25)15-11-21(26)23(3)14-10-19-8-12-22-13-9-19/h4-9,12-13H,10-11,14-16H2,1-3H3. The van der Waals surface area contributed by atoms with Crippen LogP contribution in [0.3, 0.4) is 0 Å². The molecule has 0 N–H and O–H groups in total. The molecule has 0 saturated heterocycles. The fraction of sp³-hybridized carbons (Fsp3) is 0.381. The van der Waals surface area contributed by atoms with Crippen molar-refractivity contribution in [3.63, 3.8) is 0 Å². The van der Waals surface area contributed by atoms with Gasteiger partial charge in [0.2, 0.25) is 11.8 Å². The molecule has 5 nitrogen and oxygen atoms in total. The summed E-state index contributed by atoms with van der Waals surface area (Å²) in [4.78, 5) is 31.8. The highest BCUT2D eigenvalue weighted by atomic mass is 16.2. The summed E-state index contributed by atoms with van der Waals surface area (Å²) in [6, 6.07) is 11.9. The topological polar surface area (TPSA) is 53.5 Å². The molecule has 0 radical (unpaired) electrons. The predicted molar refractivity (Wildman–Crippen MR) is 102 cm³/mol. The Hall–Kier alpha value is -2.69. The summed E-state index contributed by atoms with van der Waals surface area (Å²) in [5.74, 6) is 0.0376. The lowest BCUT2D eigenvalue weighted by Gasteiger charge is -2.24. The number of pyridine rings is 1. The van der Waals surface area contributed by atoms with Crippen LogP contribution in [0.2, 0.25) is 0 Å². The first-order valence-corrected chi connectivity index (χ1v) is 8.90. The highest BCUT2D eigenvalue weighted by Gasteiger charge is 2.15. The molecule has 5 heteroatoms. The third kappa shape index (κ3) is 5.99. The third-order valence-corrected chi connectivity index (χ3v) is 4.57. The van der Waals surface area contributed by atoms with Gasteiger partial charge in [-0.3, -0.25) is 14.6 Å². The van der Waals surface area contributed by atoms with Gasteiger partial charge in [-0.25, -0.2) is 0 Å². The normalized spacial score (nSPS) is 10.4. The first-order valence-electron chi connectivity index (χ1n) is 8.90. The van der Waals surface area contributed by atoms with Crippen LogP contribution >= 0.6 is 0 Å². The quantitative estimate of drug-likeness (QED) is 0.733. The maximum atomic E-state index is 12.4. The van der Waals surface area contributed by atoms with Gasteiger partial charge in [-0.15, -0.1) is 0 Å². The molecule has 1 heterocycles. The van der Waals surface area contributed by atoms with Crippen molar-refractivity contribution in [1.29, 1.82) is 0 Å². The molecule has 0 saturated carbocycles. The van der Waals surface area contributed by atoms with E-state index in [1.807, 2.05) is 50.4 Å². The van der Waals surface area contributed by atoms with Gasteiger partial charge in [-0.1, -0.05) is 24.3 Å². The molecule has 0 bridgehead atoms. The predicted octanol–water partition coefficient (Wildman–Crippen LogP) is 2.83. The van der Waals surface area contributed by atoms with Crippen molar-refractivity contribution < 1.29 is 9.59 Å². The number of hydrogen-bond acceptors (Lipinski definition) is 3. The van der Waals surface area contributed by atoms with Gasteiger partial charge in [0.1, 0.15) is 0 Å². The third-order valence-electron chi connectivity index (χ3n) is 4.57. The molecule has 2 aromatic rings. The fourth-order valence-electron chi connectivity index (χ4n) is 2.73. The summed E-state index contributed by atoms with van der Waals surface area (Å²) in [5.41, 5.74) is 3.42. The Kier molecular flexibility index (Phi) is 7.33. The lowest BCUT2D eigenvalue weighted by molar-refractivity contribution is -0.133. The maximum absolute atomic E-state index is 12.4. The Morgan fingerprint density at radius 3 is 2.38 bits per heavy atom. The zero-order valence-corrected chi connectivity index (χ0v) is 15.8. The largest absolute Gasteiger partial charge is 0.345 e. The Balaban J connectivity index is 1.84. The molecule has 2 rings (SSSR count). The average molecular weight is 353 g/mol. The number of hydrogen-bond donors (Lipinski definition) is 0. The van der Waals surface area contributed by atoms with E-state index in [0.29, 0.717) is 26.1 Å². The minimum Gasteiger partial charge on any atom is -0.345 e. The summed E-state index contributed by atoms with van der Waals surface area (Å²) >= 11 is 0. The number of likely N-dealkylation sites (N-methyl/N-ethyl adjacent to an activating group) is 1. The first kappa shape index (κ1) is 19.6. The maximum Gasteiger partial charge on any atom is 0.224 e. The number of aryl methyl sites for hydroxylation is 1. The summed E-state index contributed by atoms with van der Waals surface area (Å²) in [5, 5.41) is 0. The van der Waals surface area contributed by atoms with Crippen molar-refractivity contribution >= 4 is 11.8 Å². The van der Waals surface area contributed by atoms with Gasteiger partial charge in [0.05, 0.1) is 0 Å². The van der Waals surface area contributed by atoms with Crippen LogP contribution < -0.4 is 0 Å². The molecule has 0 atom stereocenters. The van der Waals surface area contributed by atoms with E-state index in [1.165, 1.54) is 0 Å². The summed E-state index contributed by atoms with van der Waals surface area (Å²) < 4.78 is 0. The number of benzene rings is 1. The van der Waals surface area contributed by atoms with Gasteiger partial charge in [-0.05, 0) is 42.2 Å². The van der Waals surface area contributed by atoms with Crippen LogP contribution in [0, 0.1) is 6.92 Å². The Labute approximate surface area is 155 Å². The lowest BCUT2D eigenvalue weighted by atomic mass is 10.1. The Morgan fingerprint density at radius 1 is 1.04 bits per heavy atom. The van der Waals surface area contributed by atoms with Gasteiger partial charge in [-0.2, -0.15) is 0 Å². The Morgan fingerprint density at radius 2 is 1.73 bits per heavy atom. The number of carbonyl (C=O) groups is 2. The van der Waals surface area contributed by atoms with Gasteiger partial charge in [0.15, 0.2) is 0 Å². The Bertz CT molecular complexity index is 731. The van der Waals surface area contributed by atoms with Gasteiger partial charge < -0.3 is 9.80 Å². The lowest BCUT2D eigenvalue weighted by Crippen LogP contribution is -2.35. The van der Waals surface area contributed by atoms with Gasteiger partial charge in [0.25, 0.3) is 0 Å². The highest BCUT2D eigenvalue weighted by Crippen LogP contribution is 2.11. The molecule has 0 aliphatic rings. The molecule has 26 heavy (non-hydrogen) atoms. The minimum atomic E-state index is -0.0134. The summed E-state index contributed by atoms with van der Waals surface area (Å²) in [6.07, 6.45) is 4.64. The van der Waals surface area contributed by atoms with E-state index in [4.69, 9.17) is 0 Å². The second kappa shape index (κ2) is 9.70. The monoisotopic (exact) mass is 353 g/mol. The fourth-order valence-corrected chi connectivity index (χ4v) is 2.73. The van der Waals surface area contributed by atoms with Crippen molar-refractivity contribution in [3.05, 3.63) is 65.5 Å². The van der Waals surface area contributed by atoms with Crippen molar-refractivity contribution in [1.82, 2.24) is 14.8 Å². The minimum absolute atomic E-state index is 0.0134. The molecule has 0 spiro atoms. The second-order valence-electron chi connectivity index (χ2n) is 6.54. The van der Waals surface area contributed by atoms with Crippen LogP contribution in [-0.4, -0.2) is 46.7 Å². The number of aromatic nitrogens is 1. The number of amides is 2. The summed E-state index contributed by atoms with van der Waals surface area (Å²) in [7, 11) is 1.81. The summed E-state index contributed by atoms with van der Waals surface area (Å²) in [6.45, 7) is 5.21. The molecular weight excluding hydrogens is 326 g/mol. The van der Waals surface area contributed by atoms with Crippen LogP contribution in [-0.2, 0) is 22.6 Å². The molecule has 1 aromatic carbocycles. The van der Waals surface area contributed by atoms with Crippen molar-refractivity contribution in [2.75, 3.05) is 20.1 Å². The van der Waals surface area contributed by atoms with E-state index in [9.17, 15) is 9.59 Å². The SMILES string of the molecule is CC(=O)N(CCC(=O)N(C)CCc1ccncc1)Cc1ccccc1C.